The molecule has 0 aromatic heterocycles. The number of amides is 1. The smallest absolute Gasteiger partial charge is 0.259 e. The van der Waals surface area contributed by atoms with E-state index in [1.807, 2.05) is 50.6 Å². The predicted molar refractivity (Wildman–Crippen MR) is 158 cm³/mol. The molecule has 11 heteroatoms. The van der Waals surface area contributed by atoms with Crippen molar-refractivity contribution in [2.45, 2.75) is 115 Å². The molecule has 0 radical (unpaired) electrons. The molecule has 1 aromatic rings. The van der Waals surface area contributed by atoms with Gasteiger partial charge in [-0.1, -0.05) is 60.6 Å². The van der Waals surface area contributed by atoms with Crippen molar-refractivity contribution in [1.82, 2.24) is 9.57 Å². The first kappa shape index (κ1) is 30.9. The molecule has 1 fully saturated rings. The molecule has 0 N–H and O–H groups in total. The average molecular weight is 602 g/mol. The Morgan fingerprint density at radius 3 is 2.54 bits per heavy atom. The standard InChI is InChI=1S/C28H42FN2O5PS2/c1-18(2)31(19(3)4)37(34-16-14-21-11-9-10-12-23(21)38-39-28(6,7)8)36-26-20(5)35-27(25(26)29)30-15-13-22(32)17-24(30)33/h9-13,15,18-20,25-27H,14,16-17H2,1-8H3/i5D. The summed E-state index contributed by atoms with van der Waals surface area (Å²) in [5.41, 5.74) is 1.17. The van der Waals surface area contributed by atoms with E-state index in [4.69, 9.17) is 15.2 Å². The van der Waals surface area contributed by atoms with Gasteiger partial charge in [-0.25, -0.2) is 9.06 Å². The van der Waals surface area contributed by atoms with E-state index in [1.54, 1.807) is 10.8 Å². The van der Waals surface area contributed by atoms with Crippen LogP contribution in [-0.2, 0) is 29.8 Å². The Labute approximate surface area is 243 Å². The number of halogens is 1. The number of alkyl halides is 1. The lowest BCUT2D eigenvalue weighted by Crippen LogP contribution is -2.45. The summed E-state index contributed by atoms with van der Waals surface area (Å²) in [5.74, 6) is -0.868. The molecule has 1 amide bonds. The van der Waals surface area contributed by atoms with Gasteiger partial charge in [0.05, 0.1) is 19.1 Å². The number of carbonyl (C=O) groups excluding carboxylic acids is 2. The number of hydrogen-bond acceptors (Lipinski definition) is 8. The van der Waals surface area contributed by atoms with Crippen LogP contribution in [0.25, 0.3) is 0 Å². The van der Waals surface area contributed by atoms with Crippen molar-refractivity contribution in [2.24, 2.45) is 0 Å². The Bertz CT molecular complexity index is 1040. The average Bonchev–Trinajstić information content (AvgIpc) is 3.17. The van der Waals surface area contributed by atoms with Gasteiger partial charge in [0.2, 0.25) is 5.91 Å². The van der Waals surface area contributed by atoms with Gasteiger partial charge in [-0.3, -0.25) is 14.5 Å². The second-order valence-corrected chi connectivity index (χ2v) is 15.5. The monoisotopic (exact) mass is 601 g/mol. The number of carbonyl (C=O) groups is 2. The van der Waals surface area contributed by atoms with Crippen LogP contribution in [0.3, 0.4) is 0 Å². The van der Waals surface area contributed by atoms with E-state index in [0.29, 0.717) is 13.0 Å². The molecule has 0 spiro atoms. The third-order valence-electron chi connectivity index (χ3n) is 5.96. The van der Waals surface area contributed by atoms with Crippen LogP contribution in [0.15, 0.2) is 41.4 Å². The van der Waals surface area contributed by atoms with E-state index in [-0.39, 0.29) is 35.9 Å². The summed E-state index contributed by atoms with van der Waals surface area (Å²) in [4.78, 5) is 26.3. The predicted octanol–water partition coefficient (Wildman–Crippen LogP) is 6.91. The number of benzene rings is 1. The zero-order chi connectivity index (χ0) is 29.6. The van der Waals surface area contributed by atoms with Gasteiger partial charge < -0.3 is 13.8 Å². The summed E-state index contributed by atoms with van der Waals surface area (Å²) < 4.78 is 44.6. The van der Waals surface area contributed by atoms with Crippen molar-refractivity contribution >= 4 is 41.8 Å². The van der Waals surface area contributed by atoms with Gasteiger partial charge in [-0.05, 0) is 58.7 Å². The van der Waals surface area contributed by atoms with Crippen LogP contribution in [0.2, 0.25) is 0 Å². The van der Waals surface area contributed by atoms with Gasteiger partial charge in [0, 0.05) is 29.3 Å². The molecule has 5 unspecified atom stereocenters. The molecule has 5 atom stereocenters. The first-order chi connectivity index (χ1) is 18.8. The molecule has 218 valence electrons. The van der Waals surface area contributed by atoms with E-state index in [9.17, 15) is 9.59 Å². The van der Waals surface area contributed by atoms with Crippen molar-refractivity contribution < 1.29 is 29.1 Å². The largest absolute Gasteiger partial charge is 0.349 e. The minimum absolute atomic E-state index is 0.0559. The molecule has 1 aromatic carbocycles. The first-order valence-corrected chi connectivity index (χ1v) is 16.5. The Balaban J connectivity index is 1.76. The maximum atomic E-state index is 15.9. The quantitative estimate of drug-likeness (QED) is 0.145. The highest BCUT2D eigenvalue weighted by atomic mass is 33.1. The van der Waals surface area contributed by atoms with Gasteiger partial charge in [0.25, 0.3) is 8.53 Å². The second kappa shape index (κ2) is 14.3. The molecular weight excluding hydrogens is 558 g/mol. The van der Waals surface area contributed by atoms with Gasteiger partial charge in [-0.2, -0.15) is 0 Å². The highest BCUT2D eigenvalue weighted by Crippen LogP contribution is 2.50. The fraction of sp³-hybridized carbons (Fsp3) is 0.643. The minimum Gasteiger partial charge on any atom is -0.349 e. The maximum absolute atomic E-state index is 15.9. The van der Waals surface area contributed by atoms with E-state index in [0.717, 1.165) is 4.90 Å². The highest BCUT2D eigenvalue weighted by Gasteiger charge is 2.50. The van der Waals surface area contributed by atoms with Crippen molar-refractivity contribution in [3.05, 3.63) is 42.1 Å². The van der Waals surface area contributed by atoms with Gasteiger partial charge >= 0.3 is 0 Å². The molecule has 39 heavy (non-hydrogen) atoms. The molecular formula is C28H42FN2O5PS2. The van der Waals surface area contributed by atoms with E-state index >= 15 is 4.39 Å². The van der Waals surface area contributed by atoms with Crippen LogP contribution in [0.4, 0.5) is 4.39 Å². The molecule has 0 bridgehead atoms. The number of ketones is 1. The molecule has 2 aliphatic heterocycles. The molecule has 2 aliphatic rings. The first-order valence-electron chi connectivity index (χ1n) is 14.0. The summed E-state index contributed by atoms with van der Waals surface area (Å²) in [7, 11) is 1.85. The maximum Gasteiger partial charge on any atom is 0.259 e. The van der Waals surface area contributed by atoms with Crippen molar-refractivity contribution in [3.63, 3.8) is 0 Å². The number of hydrogen-bond donors (Lipinski definition) is 0. The van der Waals surface area contributed by atoms with Crippen LogP contribution in [0, 0.1) is 0 Å². The third-order valence-corrected chi connectivity index (χ3v) is 11.5. The van der Waals surface area contributed by atoms with E-state index < -0.39 is 39.0 Å². The Morgan fingerprint density at radius 1 is 1.23 bits per heavy atom. The number of nitrogens with zero attached hydrogens (tertiary/aromatic N) is 2. The van der Waals surface area contributed by atoms with Gasteiger partial charge in [0.15, 0.2) is 18.2 Å². The van der Waals surface area contributed by atoms with Crippen LogP contribution >= 0.6 is 30.1 Å². The Kier molecular flexibility index (Phi) is 11.3. The molecule has 0 aliphatic carbocycles. The zero-order valence-electron chi connectivity index (χ0n) is 24.8. The van der Waals surface area contributed by atoms with Gasteiger partial charge in [-0.15, -0.1) is 0 Å². The van der Waals surface area contributed by atoms with Crippen LogP contribution in [0.5, 0.6) is 0 Å². The number of allylic oxidation sites excluding steroid dienone is 1. The Morgan fingerprint density at radius 2 is 1.92 bits per heavy atom. The van der Waals surface area contributed by atoms with E-state index in [1.165, 1.54) is 22.7 Å². The van der Waals surface area contributed by atoms with Crippen molar-refractivity contribution in [1.29, 1.82) is 0 Å². The van der Waals surface area contributed by atoms with Crippen LogP contribution in [0.1, 0.15) is 68.7 Å². The van der Waals surface area contributed by atoms with E-state index in [2.05, 4.69) is 37.6 Å². The normalized spacial score (nSPS) is 25.3. The molecule has 7 nitrogen and oxygen atoms in total. The molecule has 3 rings (SSSR count). The summed E-state index contributed by atoms with van der Waals surface area (Å²) in [5, 5.41) is 0. The summed E-state index contributed by atoms with van der Waals surface area (Å²) >= 11 is 0. The molecule has 0 saturated carbocycles. The summed E-state index contributed by atoms with van der Waals surface area (Å²) in [6.45, 7) is 14.8. The Hall–Kier alpha value is -1.000. The van der Waals surface area contributed by atoms with Gasteiger partial charge in [0.1, 0.15) is 6.10 Å². The lowest BCUT2D eigenvalue weighted by molar-refractivity contribution is -0.145. The number of rotatable bonds is 12. The fourth-order valence-electron chi connectivity index (χ4n) is 4.24. The second-order valence-electron chi connectivity index (χ2n) is 11.1. The lowest BCUT2D eigenvalue weighted by Gasteiger charge is -2.37. The fourth-order valence-corrected chi connectivity index (χ4v) is 8.26. The lowest BCUT2D eigenvalue weighted by atomic mass is 10.1. The zero-order valence-corrected chi connectivity index (χ0v) is 26.4. The third kappa shape index (κ3) is 8.99. The van der Waals surface area contributed by atoms with Crippen molar-refractivity contribution in [3.8, 4) is 0 Å². The summed E-state index contributed by atoms with van der Waals surface area (Å²) in [6.07, 6.45) is -2.13. The minimum atomic E-state index is -1.72. The molecule has 1 saturated heterocycles. The van der Waals surface area contributed by atoms with Crippen LogP contribution in [-0.4, -0.2) is 69.3 Å². The summed E-state index contributed by atoms with van der Waals surface area (Å²) in [6, 6.07) is 8.36. The number of ether oxygens (including phenoxy) is 1. The SMILES string of the molecule is [2H]CC1OC(N2C=CC(=O)CC2=O)C(F)C1OP(OCCc1ccccc1SSC(C)(C)C)N(C(C)C)C(C)C. The molecule has 2 heterocycles. The topological polar surface area (TPSA) is 68.3 Å². The van der Waals surface area contributed by atoms with Crippen LogP contribution < -0.4 is 0 Å². The van der Waals surface area contributed by atoms with Crippen molar-refractivity contribution in [2.75, 3.05) is 6.61 Å². The highest BCUT2D eigenvalue weighted by molar-refractivity contribution is 8.77.